The maximum Gasteiger partial charge on any atom is 0.341 e. The number of nitrogens with zero attached hydrogens (tertiary/aromatic N) is 2. The van der Waals surface area contributed by atoms with Gasteiger partial charge in [-0.3, -0.25) is 9.59 Å². The second-order valence-corrected chi connectivity index (χ2v) is 8.02. The van der Waals surface area contributed by atoms with Crippen LogP contribution in [0.3, 0.4) is 0 Å². The van der Waals surface area contributed by atoms with Gasteiger partial charge in [0, 0.05) is 6.20 Å². The van der Waals surface area contributed by atoms with Gasteiger partial charge in [-0.2, -0.15) is 5.10 Å². The van der Waals surface area contributed by atoms with Gasteiger partial charge in [-0.15, -0.1) is 11.3 Å². The van der Waals surface area contributed by atoms with Gasteiger partial charge in [0.25, 0.3) is 5.91 Å². The summed E-state index contributed by atoms with van der Waals surface area (Å²) < 4.78 is 22.9. The van der Waals surface area contributed by atoms with Crippen LogP contribution in [0.2, 0.25) is 0 Å². The lowest BCUT2D eigenvalue weighted by atomic mass is 10.1. The molecule has 0 fully saturated rings. The Morgan fingerprint density at radius 3 is 2.38 bits per heavy atom. The van der Waals surface area contributed by atoms with E-state index in [-0.39, 0.29) is 35.4 Å². The normalized spacial score (nSPS) is 10.5. The number of nitrogens with one attached hydrogen (secondary N) is 1. The number of para-hydroxylation sites is 1. The Labute approximate surface area is 200 Å². The highest BCUT2D eigenvalue weighted by Gasteiger charge is 2.26. The lowest BCUT2D eigenvalue weighted by molar-refractivity contribution is 0.0527. The van der Waals surface area contributed by atoms with Crippen molar-refractivity contribution in [1.29, 1.82) is 0 Å². The molecule has 0 spiro atoms. The van der Waals surface area contributed by atoms with Gasteiger partial charge >= 0.3 is 5.97 Å². The van der Waals surface area contributed by atoms with Crippen LogP contribution < -0.4 is 19.5 Å². The van der Waals surface area contributed by atoms with Crippen LogP contribution in [0.15, 0.2) is 30.5 Å². The van der Waals surface area contributed by atoms with Crippen LogP contribution in [0.1, 0.15) is 49.9 Å². The molecule has 3 rings (SSSR count). The Hall–Kier alpha value is -3.86. The molecule has 1 N–H and O–H groups in total. The van der Waals surface area contributed by atoms with E-state index in [1.165, 1.54) is 31.9 Å². The van der Waals surface area contributed by atoms with Crippen molar-refractivity contribution >= 4 is 34.0 Å². The zero-order valence-corrected chi connectivity index (χ0v) is 20.3. The van der Waals surface area contributed by atoms with Crippen molar-refractivity contribution in [3.05, 3.63) is 52.2 Å². The van der Waals surface area contributed by atoms with Crippen molar-refractivity contribution in [2.75, 3.05) is 26.1 Å². The van der Waals surface area contributed by atoms with E-state index in [0.717, 1.165) is 11.3 Å². The highest BCUT2D eigenvalue weighted by atomic mass is 32.1. The van der Waals surface area contributed by atoms with E-state index in [9.17, 15) is 14.4 Å². The summed E-state index contributed by atoms with van der Waals surface area (Å²) in [5.74, 6) is 0.0236. The maximum atomic E-state index is 12.8. The summed E-state index contributed by atoms with van der Waals surface area (Å²) in [6, 6.07) is 6.75. The lowest BCUT2D eigenvalue weighted by Gasteiger charge is -2.13. The molecule has 0 radical (unpaired) electrons. The van der Waals surface area contributed by atoms with E-state index < -0.39 is 11.9 Å². The quantitative estimate of drug-likeness (QED) is 0.338. The van der Waals surface area contributed by atoms with E-state index in [1.807, 2.05) is 0 Å². The first-order valence-electron chi connectivity index (χ1n) is 10.3. The minimum atomic E-state index is -0.608. The molecule has 0 aliphatic rings. The lowest BCUT2D eigenvalue weighted by Crippen LogP contribution is -2.16. The number of carbonyl (C=O) groups excluding carboxylic acids is 3. The summed E-state index contributed by atoms with van der Waals surface area (Å²) in [5, 5.41) is 7.13. The van der Waals surface area contributed by atoms with Crippen LogP contribution >= 0.6 is 11.3 Å². The fourth-order valence-corrected chi connectivity index (χ4v) is 4.28. The Bertz CT molecular complexity index is 1190. The monoisotopic (exact) mass is 487 g/mol. The number of thiophene rings is 1. The molecule has 0 unspecified atom stereocenters. The van der Waals surface area contributed by atoms with E-state index in [2.05, 4.69) is 10.4 Å². The maximum absolute atomic E-state index is 12.8. The van der Waals surface area contributed by atoms with E-state index in [1.54, 1.807) is 38.2 Å². The average Bonchev–Trinajstić information content (AvgIpc) is 3.42. The third-order valence-electron chi connectivity index (χ3n) is 4.77. The molecule has 1 aromatic carbocycles. The SMILES string of the molecule is CCOC(=O)c1c(NC(=O)c2ccn(COc3c(OC)cccc3OC)n2)sc(C(C)=O)c1C. The second kappa shape index (κ2) is 10.8. The van der Waals surface area contributed by atoms with Gasteiger partial charge in [0.15, 0.2) is 29.7 Å². The summed E-state index contributed by atoms with van der Waals surface area (Å²) in [6.07, 6.45) is 1.57. The number of ether oxygens (including phenoxy) is 4. The second-order valence-electron chi connectivity index (χ2n) is 7.00. The Morgan fingerprint density at radius 2 is 1.79 bits per heavy atom. The summed E-state index contributed by atoms with van der Waals surface area (Å²) in [6.45, 7) is 4.88. The number of benzene rings is 1. The van der Waals surface area contributed by atoms with Crippen molar-refractivity contribution in [2.45, 2.75) is 27.5 Å². The molecule has 34 heavy (non-hydrogen) atoms. The number of carbonyl (C=O) groups is 3. The minimum absolute atomic E-state index is 0.00924. The van der Waals surface area contributed by atoms with Gasteiger partial charge in [-0.1, -0.05) is 6.07 Å². The zero-order chi connectivity index (χ0) is 24.8. The molecule has 0 saturated carbocycles. The van der Waals surface area contributed by atoms with E-state index >= 15 is 0 Å². The highest BCUT2D eigenvalue weighted by Crippen LogP contribution is 2.37. The number of amides is 1. The van der Waals surface area contributed by atoms with Crippen molar-refractivity contribution in [3.63, 3.8) is 0 Å². The van der Waals surface area contributed by atoms with E-state index in [0.29, 0.717) is 27.7 Å². The van der Waals surface area contributed by atoms with Crippen LogP contribution in [0.5, 0.6) is 17.2 Å². The smallest absolute Gasteiger partial charge is 0.341 e. The van der Waals surface area contributed by atoms with Gasteiger partial charge in [-0.05, 0) is 44.5 Å². The van der Waals surface area contributed by atoms with Gasteiger partial charge in [0.1, 0.15) is 5.00 Å². The molecule has 0 bridgehead atoms. The van der Waals surface area contributed by atoms with Crippen LogP contribution in [0, 0.1) is 6.92 Å². The summed E-state index contributed by atoms with van der Waals surface area (Å²) in [4.78, 5) is 37.6. The number of Topliss-reactive ketones (excluding diaryl/α,β-unsaturated/α-hetero) is 1. The molecule has 0 aliphatic carbocycles. The first-order chi connectivity index (χ1) is 16.3. The number of methoxy groups -OCH3 is 2. The predicted molar refractivity (Wildman–Crippen MR) is 125 cm³/mol. The van der Waals surface area contributed by atoms with Gasteiger partial charge in [-0.25, -0.2) is 9.48 Å². The predicted octanol–water partition coefficient (Wildman–Crippen LogP) is 3.94. The van der Waals surface area contributed by atoms with Gasteiger partial charge in [0.05, 0.1) is 31.3 Å². The van der Waals surface area contributed by atoms with Crippen molar-refractivity contribution in [1.82, 2.24) is 9.78 Å². The first kappa shape index (κ1) is 24.8. The van der Waals surface area contributed by atoms with E-state index in [4.69, 9.17) is 18.9 Å². The molecule has 2 aromatic heterocycles. The third kappa shape index (κ3) is 5.20. The van der Waals surface area contributed by atoms with Crippen molar-refractivity contribution < 1.29 is 33.3 Å². The highest BCUT2D eigenvalue weighted by molar-refractivity contribution is 7.18. The third-order valence-corrected chi connectivity index (χ3v) is 6.08. The molecule has 0 atom stereocenters. The summed E-state index contributed by atoms with van der Waals surface area (Å²) in [7, 11) is 3.04. The Morgan fingerprint density at radius 1 is 1.12 bits per heavy atom. The van der Waals surface area contributed by atoms with Crippen LogP contribution in [-0.2, 0) is 11.5 Å². The molecule has 180 valence electrons. The standard InChI is InChI=1S/C23H25N3O7S/c1-6-32-23(29)18-13(2)20(14(3)27)34-22(18)24-21(28)15-10-11-26(25-15)12-33-19-16(30-4)8-7-9-17(19)31-5/h7-11H,6,12H2,1-5H3,(H,24,28). The summed E-state index contributed by atoms with van der Waals surface area (Å²) >= 11 is 1.02. The van der Waals surface area contributed by atoms with Crippen molar-refractivity contribution in [2.24, 2.45) is 0 Å². The molecular formula is C23H25N3O7S. The van der Waals surface area contributed by atoms with Crippen molar-refractivity contribution in [3.8, 4) is 17.2 Å². The molecule has 1 amide bonds. The van der Waals surface area contributed by atoms with Gasteiger partial charge in [0.2, 0.25) is 5.75 Å². The zero-order valence-electron chi connectivity index (χ0n) is 19.5. The Kier molecular flexibility index (Phi) is 7.90. The summed E-state index contributed by atoms with van der Waals surface area (Å²) in [5.41, 5.74) is 0.730. The minimum Gasteiger partial charge on any atom is -0.493 e. The number of esters is 1. The molecule has 3 aromatic rings. The molecule has 0 aliphatic heterocycles. The first-order valence-corrected chi connectivity index (χ1v) is 11.1. The Balaban J connectivity index is 1.78. The fourth-order valence-electron chi connectivity index (χ4n) is 3.20. The largest absolute Gasteiger partial charge is 0.493 e. The van der Waals surface area contributed by atoms with Gasteiger partial charge < -0.3 is 24.3 Å². The molecule has 2 heterocycles. The van der Waals surface area contributed by atoms with Crippen LogP contribution in [0.4, 0.5) is 5.00 Å². The van der Waals surface area contributed by atoms with Crippen LogP contribution in [-0.4, -0.2) is 48.3 Å². The number of aromatic nitrogens is 2. The topological polar surface area (TPSA) is 118 Å². The molecule has 11 heteroatoms. The average molecular weight is 488 g/mol. The number of anilines is 1. The number of hydrogen-bond acceptors (Lipinski definition) is 9. The number of hydrogen-bond donors (Lipinski definition) is 1. The molecule has 10 nitrogen and oxygen atoms in total. The molecular weight excluding hydrogens is 462 g/mol. The van der Waals surface area contributed by atoms with Crippen LogP contribution in [0.25, 0.3) is 0 Å². The molecule has 0 saturated heterocycles. The number of ketones is 1. The number of rotatable bonds is 10. The fraction of sp³-hybridized carbons (Fsp3) is 0.304.